The molecule has 2 nitrogen and oxygen atoms in total. The summed E-state index contributed by atoms with van der Waals surface area (Å²) in [5.41, 5.74) is 0.802. The van der Waals surface area contributed by atoms with Crippen LogP contribution in [0, 0.1) is 0 Å². The lowest BCUT2D eigenvalue weighted by molar-refractivity contribution is 0.0599. The third-order valence-electron chi connectivity index (χ3n) is 2.14. The zero-order valence-corrected chi connectivity index (χ0v) is 9.97. The van der Waals surface area contributed by atoms with Gasteiger partial charge in [-0.25, -0.2) is 0 Å². The van der Waals surface area contributed by atoms with Crippen molar-refractivity contribution in [3.63, 3.8) is 0 Å². The Hall–Kier alpha value is -0.380. The fourth-order valence-corrected chi connectivity index (χ4v) is 1.90. The molecular formula is C11H19NOS. The molecule has 0 unspecified atom stereocenters. The van der Waals surface area contributed by atoms with E-state index in [-0.39, 0.29) is 0 Å². The minimum atomic E-state index is -0.553. The average molecular weight is 213 g/mol. The van der Waals surface area contributed by atoms with Crippen molar-refractivity contribution in [2.75, 3.05) is 13.6 Å². The van der Waals surface area contributed by atoms with Crippen molar-refractivity contribution < 1.29 is 5.11 Å². The molecule has 1 N–H and O–H groups in total. The van der Waals surface area contributed by atoms with Crippen molar-refractivity contribution in [3.05, 3.63) is 22.4 Å². The standard InChI is InChI=1S/C11H19NOS/c1-11(2,13)5-6-12(3)8-10-4-7-14-9-10/h4,7,9,13H,5-6,8H2,1-3H3. The molecule has 0 bridgehead atoms. The van der Waals surface area contributed by atoms with Crippen LogP contribution in [-0.2, 0) is 6.54 Å². The first-order valence-electron chi connectivity index (χ1n) is 4.89. The van der Waals surface area contributed by atoms with Crippen LogP contribution in [-0.4, -0.2) is 29.2 Å². The van der Waals surface area contributed by atoms with E-state index >= 15 is 0 Å². The number of aliphatic hydroxyl groups is 1. The first kappa shape index (κ1) is 11.7. The van der Waals surface area contributed by atoms with Crippen LogP contribution in [0.5, 0.6) is 0 Å². The molecular weight excluding hydrogens is 194 g/mol. The topological polar surface area (TPSA) is 23.5 Å². The molecule has 1 heterocycles. The van der Waals surface area contributed by atoms with E-state index in [1.54, 1.807) is 11.3 Å². The van der Waals surface area contributed by atoms with Crippen LogP contribution in [0.3, 0.4) is 0 Å². The molecule has 0 saturated heterocycles. The lowest BCUT2D eigenvalue weighted by atomic mass is 10.1. The van der Waals surface area contributed by atoms with Crippen LogP contribution in [0.2, 0.25) is 0 Å². The number of thiophene rings is 1. The van der Waals surface area contributed by atoms with Crippen LogP contribution < -0.4 is 0 Å². The van der Waals surface area contributed by atoms with Crippen LogP contribution in [0.25, 0.3) is 0 Å². The van der Waals surface area contributed by atoms with Gasteiger partial charge in [-0.15, -0.1) is 0 Å². The molecule has 1 rings (SSSR count). The highest BCUT2D eigenvalue weighted by Crippen LogP contribution is 2.11. The molecule has 0 spiro atoms. The summed E-state index contributed by atoms with van der Waals surface area (Å²) in [7, 11) is 2.09. The van der Waals surface area contributed by atoms with Gasteiger partial charge in [0.05, 0.1) is 5.60 Å². The SMILES string of the molecule is CN(CCC(C)(C)O)Cc1ccsc1. The fourth-order valence-electron chi connectivity index (χ4n) is 1.24. The van der Waals surface area contributed by atoms with Crippen molar-refractivity contribution in [3.8, 4) is 0 Å². The zero-order chi connectivity index (χ0) is 10.6. The van der Waals surface area contributed by atoms with E-state index < -0.39 is 5.60 Å². The summed E-state index contributed by atoms with van der Waals surface area (Å²) in [5.74, 6) is 0. The quantitative estimate of drug-likeness (QED) is 0.811. The lowest BCUT2D eigenvalue weighted by Crippen LogP contribution is -2.27. The minimum Gasteiger partial charge on any atom is -0.390 e. The third kappa shape index (κ3) is 4.74. The normalized spacial score (nSPS) is 12.4. The predicted octanol–water partition coefficient (Wildman–Crippen LogP) is 2.34. The van der Waals surface area contributed by atoms with Crippen molar-refractivity contribution in [1.82, 2.24) is 4.90 Å². The van der Waals surface area contributed by atoms with Gasteiger partial charge in [0.15, 0.2) is 0 Å². The number of nitrogens with zero attached hydrogens (tertiary/aromatic N) is 1. The molecule has 3 heteroatoms. The molecule has 0 aliphatic heterocycles. The Bertz CT molecular complexity index is 251. The van der Waals surface area contributed by atoms with Gasteiger partial charge in [0.1, 0.15) is 0 Å². The summed E-state index contributed by atoms with van der Waals surface area (Å²) in [4.78, 5) is 2.24. The van der Waals surface area contributed by atoms with E-state index in [9.17, 15) is 5.11 Å². The molecule has 0 aliphatic carbocycles. The Morgan fingerprint density at radius 2 is 2.21 bits per heavy atom. The summed E-state index contributed by atoms with van der Waals surface area (Å²) in [6.07, 6.45) is 0.813. The van der Waals surface area contributed by atoms with Crippen LogP contribution >= 0.6 is 11.3 Å². The molecule has 0 amide bonds. The van der Waals surface area contributed by atoms with Crippen LogP contribution in [0.15, 0.2) is 16.8 Å². The molecule has 1 aromatic heterocycles. The lowest BCUT2D eigenvalue weighted by Gasteiger charge is -2.22. The largest absolute Gasteiger partial charge is 0.390 e. The van der Waals surface area contributed by atoms with Crippen molar-refractivity contribution in [2.45, 2.75) is 32.4 Å². The second-order valence-electron chi connectivity index (χ2n) is 4.43. The van der Waals surface area contributed by atoms with Gasteiger partial charge in [0.25, 0.3) is 0 Å². The maximum atomic E-state index is 9.57. The molecule has 0 aromatic carbocycles. The molecule has 1 aromatic rings. The molecule has 0 aliphatic rings. The highest BCUT2D eigenvalue weighted by Gasteiger charge is 2.13. The maximum absolute atomic E-state index is 9.57. The second-order valence-corrected chi connectivity index (χ2v) is 5.21. The monoisotopic (exact) mass is 213 g/mol. The molecule has 80 valence electrons. The molecule has 0 saturated carbocycles. The fraction of sp³-hybridized carbons (Fsp3) is 0.636. The Morgan fingerprint density at radius 1 is 1.50 bits per heavy atom. The highest BCUT2D eigenvalue weighted by atomic mass is 32.1. The highest BCUT2D eigenvalue weighted by molar-refractivity contribution is 7.07. The van der Waals surface area contributed by atoms with Crippen LogP contribution in [0.1, 0.15) is 25.8 Å². The summed E-state index contributed by atoms with van der Waals surface area (Å²) in [6, 6.07) is 2.14. The minimum absolute atomic E-state index is 0.553. The van der Waals surface area contributed by atoms with E-state index in [1.807, 2.05) is 13.8 Å². The van der Waals surface area contributed by atoms with E-state index in [1.165, 1.54) is 5.56 Å². The van der Waals surface area contributed by atoms with Gasteiger partial charge in [0.2, 0.25) is 0 Å². The van der Waals surface area contributed by atoms with Crippen LogP contribution in [0.4, 0.5) is 0 Å². The Kier molecular flexibility index (Phi) is 4.11. The Balaban J connectivity index is 2.26. The average Bonchev–Trinajstić information content (AvgIpc) is 2.52. The maximum Gasteiger partial charge on any atom is 0.0603 e. The van der Waals surface area contributed by atoms with Crippen molar-refractivity contribution >= 4 is 11.3 Å². The Morgan fingerprint density at radius 3 is 2.71 bits per heavy atom. The van der Waals surface area contributed by atoms with Gasteiger partial charge < -0.3 is 10.0 Å². The van der Waals surface area contributed by atoms with Gasteiger partial charge >= 0.3 is 0 Å². The van der Waals surface area contributed by atoms with Crippen molar-refractivity contribution in [1.29, 1.82) is 0 Å². The van der Waals surface area contributed by atoms with E-state index in [0.717, 1.165) is 19.5 Å². The van der Waals surface area contributed by atoms with Gasteiger partial charge in [0, 0.05) is 13.1 Å². The Labute approximate surface area is 90.2 Å². The molecule has 0 atom stereocenters. The first-order chi connectivity index (χ1) is 6.47. The molecule has 14 heavy (non-hydrogen) atoms. The first-order valence-corrected chi connectivity index (χ1v) is 5.84. The smallest absolute Gasteiger partial charge is 0.0603 e. The van der Waals surface area contributed by atoms with Gasteiger partial charge in [-0.1, -0.05) is 0 Å². The van der Waals surface area contributed by atoms with Gasteiger partial charge in [-0.2, -0.15) is 11.3 Å². The van der Waals surface area contributed by atoms with Gasteiger partial charge in [-0.05, 0) is 49.7 Å². The number of rotatable bonds is 5. The third-order valence-corrected chi connectivity index (χ3v) is 2.87. The number of hydrogen-bond donors (Lipinski definition) is 1. The number of hydrogen-bond acceptors (Lipinski definition) is 3. The molecule has 0 fully saturated rings. The summed E-state index contributed by atoms with van der Waals surface area (Å²) >= 11 is 1.73. The molecule has 0 radical (unpaired) electrons. The van der Waals surface area contributed by atoms with E-state index in [4.69, 9.17) is 0 Å². The zero-order valence-electron chi connectivity index (χ0n) is 9.16. The summed E-state index contributed by atoms with van der Waals surface area (Å²) in [5, 5.41) is 13.8. The van der Waals surface area contributed by atoms with Crippen molar-refractivity contribution in [2.24, 2.45) is 0 Å². The van der Waals surface area contributed by atoms with E-state index in [0.29, 0.717) is 0 Å². The van der Waals surface area contributed by atoms with Gasteiger partial charge in [-0.3, -0.25) is 0 Å². The van der Waals surface area contributed by atoms with E-state index in [2.05, 4.69) is 28.8 Å². The second kappa shape index (κ2) is 4.91. The summed E-state index contributed by atoms with van der Waals surface area (Å²) in [6.45, 7) is 5.61. The summed E-state index contributed by atoms with van der Waals surface area (Å²) < 4.78 is 0. The predicted molar refractivity (Wildman–Crippen MR) is 61.6 cm³/mol.